The van der Waals surface area contributed by atoms with Gasteiger partial charge in [-0.05, 0) is 42.7 Å². The Hall–Kier alpha value is -2.71. The molecular formula is C21H25N3O4S. The first-order valence-corrected chi connectivity index (χ1v) is 11.0. The van der Waals surface area contributed by atoms with E-state index in [2.05, 4.69) is 10.0 Å². The van der Waals surface area contributed by atoms with Crippen molar-refractivity contribution in [3.63, 3.8) is 0 Å². The Bertz CT molecular complexity index is 1020. The molecule has 1 heterocycles. The number of benzene rings is 2. The number of hydrogen-bond acceptors (Lipinski definition) is 4. The highest BCUT2D eigenvalue weighted by Gasteiger charge is 2.24. The van der Waals surface area contributed by atoms with Crippen LogP contribution < -0.4 is 14.9 Å². The van der Waals surface area contributed by atoms with Crippen LogP contribution in [0.1, 0.15) is 30.0 Å². The number of amides is 2. The maximum absolute atomic E-state index is 12.5. The van der Waals surface area contributed by atoms with Gasteiger partial charge in [0.2, 0.25) is 21.8 Å². The highest BCUT2D eigenvalue weighted by atomic mass is 32.2. The molecule has 1 aliphatic heterocycles. The largest absolute Gasteiger partial charge is 0.352 e. The first-order valence-electron chi connectivity index (χ1n) is 9.49. The Morgan fingerprint density at radius 1 is 1.10 bits per heavy atom. The second kappa shape index (κ2) is 8.75. The van der Waals surface area contributed by atoms with Crippen LogP contribution in [0.3, 0.4) is 0 Å². The third-order valence-electron chi connectivity index (χ3n) is 4.89. The molecule has 8 heteroatoms. The fraction of sp³-hybridized carbons (Fsp3) is 0.333. The smallest absolute Gasteiger partial charge is 0.240 e. The van der Waals surface area contributed by atoms with E-state index < -0.39 is 10.0 Å². The van der Waals surface area contributed by atoms with Gasteiger partial charge in [0.1, 0.15) is 0 Å². The first-order chi connectivity index (χ1) is 13.8. The fourth-order valence-corrected chi connectivity index (χ4v) is 4.33. The van der Waals surface area contributed by atoms with Crippen molar-refractivity contribution in [2.24, 2.45) is 0 Å². The van der Waals surface area contributed by atoms with Crippen molar-refractivity contribution in [2.75, 3.05) is 18.0 Å². The van der Waals surface area contributed by atoms with Gasteiger partial charge in [0.05, 0.1) is 4.90 Å². The summed E-state index contributed by atoms with van der Waals surface area (Å²) in [5.41, 5.74) is 3.73. The molecule has 0 atom stereocenters. The summed E-state index contributed by atoms with van der Waals surface area (Å²) in [7, 11) is -3.72. The standard InChI is InChI=1S/C21H25N3O4S/c1-15-3-5-17(6-4-15)14-22-21(26)9-11-23-29(27,28)19-7-8-20-18(13-19)10-12-24(20)16(2)25/h3-8,13,23H,9-12,14H2,1-2H3,(H,22,26). The van der Waals surface area contributed by atoms with Crippen LogP contribution in [0.25, 0.3) is 0 Å². The predicted octanol–water partition coefficient (Wildman–Crippen LogP) is 1.89. The van der Waals surface area contributed by atoms with Crippen molar-refractivity contribution in [1.82, 2.24) is 10.0 Å². The first kappa shape index (κ1) is 21.0. The number of fused-ring (bicyclic) bond motifs is 1. The molecule has 7 nitrogen and oxygen atoms in total. The molecule has 0 aromatic heterocycles. The summed E-state index contributed by atoms with van der Waals surface area (Å²) in [6, 6.07) is 12.6. The Morgan fingerprint density at radius 3 is 2.52 bits per heavy atom. The molecule has 3 rings (SSSR count). The molecule has 0 saturated carbocycles. The van der Waals surface area contributed by atoms with Gasteiger partial charge in [0, 0.05) is 38.7 Å². The van der Waals surface area contributed by atoms with Gasteiger partial charge in [-0.3, -0.25) is 9.59 Å². The van der Waals surface area contributed by atoms with Crippen LogP contribution in [0.4, 0.5) is 5.69 Å². The van der Waals surface area contributed by atoms with Crippen molar-refractivity contribution in [3.8, 4) is 0 Å². The number of nitrogens with one attached hydrogen (secondary N) is 2. The van der Waals surface area contributed by atoms with Crippen molar-refractivity contribution in [1.29, 1.82) is 0 Å². The number of sulfonamides is 1. The van der Waals surface area contributed by atoms with Gasteiger partial charge in [0.25, 0.3) is 0 Å². The molecule has 0 fully saturated rings. The van der Waals surface area contributed by atoms with Gasteiger partial charge < -0.3 is 10.2 Å². The summed E-state index contributed by atoms with van der Waals surface area (Å²) in [5.74, 6) is -0.284. The Balaban J connectivity index is 1.52. The number of anilines is 1. The van der Waals surface area contributed by atoms with Gasteiger partial charge in [-0.1, -0.05) is 29.8 Å². The molecule has 2 N–H and O–H groups in total. The minimum atomic E-state index is -3.72. The number of rotatable bonds is 7. The quantitative estimate of drug-likeness (QED) is 0.722. The maximum Gasteiger partial charge on any atom is 0.240 e. The predicted molar refractivity (Wildman–Crippen MR) is 111 cm³/mol. The van der Waals surface area contributed by atoms with E-state index in [1.54, 1.807) is 17.0 Å². The zero-order valence-electron chi connectivity index (χ0n) is 16.6. The Morgan fingerprint density at radius 2 is 1.83 bits per heavy atom. The molecule has 0 saturated heterocycles. The van der Waals surface area contributed by atoms with Gasteiger partial charge in [0.15, 0.2) is 0 Å². The van der Waals surface area contributed by atoms with E-state index in [4.69, 9.17) is 0 Å². The lowest BCUT2D eigenvalue weighted by atomic mass is 10.1. The average molecular weight is 416 g/mol. The number of hydrogen-bond donors (Lipinski definition) is 2. The molecule has 0 aliphatic carbocycles. The van der Waals surface area contributed by atoms with Crippen molar-refractivity contribution >= 4 is 27.5 Å². The minimum Gasteiger partial charge on any atom is -0.352 e. The number of carbonyl (C=O) groups excluding carboxylic acids is 2. The molecule has 0 radical (unpaired) electrons. The van der Waals surface area contributed by atoms with Gasteiger partial charge in [-0.15, -0.1) is 0 Å². The van der Waals surface area contributed by atoms with Crippen molar-refractivity contribution in [3.05, 3.63) is 59.2 Å². The third-order valence-corrected chi connectivity index (χ3v) is 6.35. The fourth-order valence-electron chi connectivity index (χ4n) is 3.25. The minimum absolute atomic E-state index is 0.0126. The van der Waals surface area contributed by atoms with E-state index in [-0.39, 0.29) is 29.7 Å². The molecule has 0 unspecified atom stereocenters. The zero-order valence-corrected chi connectivity index (χ0v) is 17.4. The number of aryl methyl sites for hydroxylation is 1. The van der Waals surface area contributed by atoms with Gasteiger partial charge >= 0.3 is 0 Å². The summed E-state index contributed by atoms with van der Waals surface area (Å²) >= 11 is 0. The van der Waals surface area contributed by atoms with E-state index >= 15 is 0 Å². The Kier molecular flexibility index (Phi) is 6.34. The van der Waals surface area contributed by atoms with Crippen LogP contribution in [0.2, 0.25) is 0 Å². The Labute approximate surface area is 171 Å². The topological polar surface area (TPSA) is 95.6 Å². The maximum atomic E-state index is 12.5. The normalized spacial score (nSPS) is 13.2. The molecule has 0 bridgehead atoms. The van der Waals surface area contributed by atoms with E-state index in [0.717, 1.165) is 22.4 Å². The van der Waals surface area contributed by atoms with E-state index in [1.807, 2.05) is 31.2 Å². The lowest BCUT2D eigenvalue weighted by Crippen LogP contribution is -2.30. The second-order valence-electron chi connectivity index (χ2n) is 7.12. The van der Waals surface area contributed by atoms with E-state index in [1.165, 1.54) is 13.0 Å². The van der Waals surface area contributed by atoms with E-state index in [0.29, 0.717) is 19.5 Å². The van der Waals surface area contributed by atoms with Crippen LogP contribution in [0.5, 0.6) is 0 Å². The van der Waals surface area contributed by atoms with Crippen LogP contribution in [-0.2, 0) is 32.6 Å². The monoisotopic (exact) mass is 415 g/mol. The molecule has 154 valence electrons. The average Bonchev–Trinajstić information content (AvgIpc) is 3.11. The summed E-state index contributed by atoms with van der Waals surface area (Å²) in [6.07, 6.45) is 0.674. The number of carbonyl (C=O) groups is 2. The van der Waals surface area contributed by atoms with Gasteiger partial charge in [-0.25, -0.2) is 13.1 Å². The van der Waals surface area contributed by atoms with Crippen LogP contribution >= 0.6 is 0 Å². The number of nitrogens with zero attached hydrogens (tertiary/aromatic N) is 1. The third kappa shape index (κ3) is 5.21. The second-order valence-corrected chi connectivity index (χ2v) is 8.89. The summed E-state index contributed by atoms with van der Waals surface area (Å²) < 4.78 is 27.5. The molecule has 2 amide bonds. The molecule has 0 spiro atoms. The summed E-state index contributed by atoms with van der Waals surface area (Å²) in [4.78, 5) is 25.4. The van der Waals surface area contributed by atoms with Crippen LogP contribution in [0.15, 0.2) is 47.4 Å². The highest BCUT2D eigenvalue weighted by molar-refractivity contribution is 7.89. The van der Waals surface area contributed by atoms with Crippen molar-refractivity contribution < 1.29 is 18.0 Å². The molecule has 1 aliphatic rings. The van der Waals surface area contributed by atoms with Gasteiger partial charge in [-0.2, -0.15) is 0 Å². The summed E-state index contributed by atoms with van der Waals surface area (Å²) in [6.45, 7) is 4.46. The van der Waals surface area contributed by atoms with Crippen molar-refractivity contribution in [2.45, 2.75) is 38.1 Å². The van der Waals surface area contributed by atoms with E-state index in [9.17, 15) is 18.0 Å². The molecule has 2 aromatic rings. The van der Waals surface area contributed by atoms with Crippen LogP contribution in [0, 0.1) is 6.92 Å². The highest BCUT2D eigenvalue weighted by Crippen LogP contribution is 2.30. The molecule has 29 heavy (non-hydrogen) atoms. The van der Waals surface area contributed by atoms with Crippen LogP contribution in [-0.4, -0.2) is 33.3 Å². The SMILES string of the molecule is CC(=O)N1CCc2cc(S(=O)(=O)NCCC(=O)NCc3ccc(C)cc3)ccc21. The lowest BCUT2D eigenvalue weighted by Gasteiger charge is -2.15. The molecule has 2 aromatic carbocycles. The summed E-state index contributed by atoms with van der Waals surface area (Å²) in [5, 5.41) is 2.78. The zero-order chi connectivity index (χ0) is 21.0. The molecular weight excluding hydrogens is 390 g/mol. The lowest BCUT2D eigenvalue weighted by molar-refractivity contribution is -0.121.